The number of benzene rings is 1. The molecular formula is C14H19N3O2. The van der Waals surface area contributed by atoms with Crippen molar-refractivity contribution in [2.24, 2.45) is 5.73 Å². The zero-order valence-electron chi connectivity index (χ0n) is 11.1. The van der Waals surface area contributed by atoms with E-state index in [9.17, 15) is 9.59 Å². The molecule has 1 fully saturated rings. The number of carbonyl (C=O) groups excluding carboxylic acids is 2. The van der Waals surface area contributed by atoms with Crippen molar-refractivity contribution in [3.8, 4) is 0 Å². The molecule has 1 unspecified atom stereocenters. The van der Waals surface area contributed by atoms with E-state index in [4.69, 9.17) is 5.73 Å². The van der Waals surface area contributed by atoms with Crippen molar-refractivity contribution in [1.82, 2.24) is 10.2 Å². The van der Waals surface area contributed by atoms with Crippen molar-refractivity contribution in [1.29, 1.82) is 0 Å². The third kappa shape index (κ3) is 3.19. The highest BCUT2D eigenvalue weighted by Gasteiger charge is 2.32. The molecule has 0 aromatic heterocycles. The molecule has 1 aromatic carbocycles. The molecule has 1 aliphatic heterocycles. The maximum atomic E-state index is 11.7. The molecule has 1 heterocycles. The molecule has 2 rings (SSSR count). The van der Waals surface area contributed by atoms with Crippen LogP contribution in [-0.4, -0.2) is 29.3 Å². The lowest BCUT2D eigenvalue weighted by Gasteiger charge is -2.33. The van der Waals surface area contributed by atoms with E-state index in [0.717, 1.165) is 11.1 Å². The average Bonchev–Trinajstić information content (AvgIpc) is 2.39. The SMILES string of the molecule is CCC1C(=O)NC(=O)CN1Cc1ccc(CN)cc1. The molecule has 19 heavy (non-hydrogen) atoms. The molecule has 102 valence electrons. The molecule has 0 radical (unpaired) electrons. The molecule has 1 atom stereocenters. The minimum Gasteiger partial charge on any atom is -0.326 e. The van der Waals surface area contributed by atoms with Gasteiger partial charge in [-0.1, -0.05) is 31.2 Å². The summed E-state index contributed by atoms with van der Waals surface area (Å²) in [7, 11) is 0. The van der Waals surface area contributed by atoms with Gasteiger partial charge in [0, 0.05) is 13.1 Å². The first-order chi connectivity index (χ1) is 9.13. The van der Waals surface area contributed by atoms with Gasteiger partial charge in [-0.2, -0.15) is 0 Å². The van der Waals surface area contributed by atoms with Gasteiger partial charge in [0.15, 0.2) is 0 Å². The van der Waals surface area contributed by atoms with Crippen molar-refractivity contribution in [2.75, 3.05) is 6.54 Å². The number of hydrogen-bond donors (Lipinski definition) is 2. The Morgan fingerprint density at radius 2 is 1.89 bits per heavy atom. The number of carbonyl (C=O) groups is 2. The molecule has 2 amide bonds. The Morgan fingerprint density at radius 1 is 1.26 bits per heavy atom. The van der Waals surface area contributed by atoms with E-state index in [1.165, 1.54) is 0 Å². The first-order valence-electron chi connectivity index (χ1n) is 6.49. The van der Waals surface area contributed by atoms with Crippen LogP contribution in [0.1, 0.15) is 24.5 Å². The number of hydrogen-bond acceptors (Lipinski definition) is 4. The van der Waals surface area contributed by atoms with Crippen molar-refractivity contribution >= 4 is 11.8 Å². The molecule has 1 aromatic rings. The summed E-state index contributed by atoms with van der Waals surface area (Å²) in [5.41, 5.74) is 7.71. The smallest absolute Gasteiger partial charge is 0.243 e. The summed E-state index contributed by atoms with van der Waals surface area (Å²) >= 11 is 0. The Morgan fingerprint density at radius 3 is 2.47 bits per heavy atom. The zero-order chi connectivity index (χ0) is 13.8. The van der Waals surface area contributed by atoms with Gasteiger partial charge in [-0.3, -0.25) is 19.8 Å². The standard InChI is InChI=1S/C14H19N3O2/c1-2-12-14(19)16-13(18)9-17(12)8-11-5-3-10(7-15)4-6-11/h3-6,12H,2,7-9,15H2,1H3,(H,16,18,19). The van der Waals surface area contributed by atoms with Gasteiger partial charge >= 0.3 is 0 Å². The number of nitrogens with zero attached hydrogens (tertiary/aromatic N) is 1. The van der Waals surface area contributed by atoms with E-state index < -0.39 is 0 Å². The van der Waals surface area contributed by atoms with Gasteiger partial charge in [-0.25, -0.2) is 0 Å². The fourth-order valence-electron chi connectivity index (χ4n) is 2.35. The van der Waals surface area contributed by atoms with Crippen LogP contribution in [0.3, 0.4) is 0 Å². The normalized spacial score (nSPS) is 20.4. The number of imide groups is 1. The summed E-state index contributed by atoms with van der Waals surface area (Å²) in [4.78, 5) is 25.1. The van der Waals surface area contributed by atoms with E-state index in [-0.39, 0.29) is 24.4 Å². The largest absolute Gasteiger partial charge is 0.326 e. The summed E-state index contributed by atoms with van der Waals surface area (Å²) in [6.07, 6.45) is 0.694. The second kappa shape index (κ2) is 5.95. The number of nitrogens with two attached hydrogens (primary N) is 1. The minimum atomic E-state index is -0.230. The van der Waals surface area contributed by atoms with Gasteiger partial charge in [0.25, 0.3) is 0 Å². The molecule has 1 saturated heterocycles. The Bertz CT molecular complexity index is 470. The Labute approximate surface area is 112 Å². The molecule has 0 bridgehead atoms. The van der Waals surface area contributed by atoms with Gasteiger partial charge < -0.3 is 5.73 Å². The van der Waals surface area contributed by atoms with Crippen LogP contribution < -0.4 is 11.1 Å². The number of nitrogens with one attached hydrogen (secondary N) is 1. The third-order valence-electron chi connectivity index (χ3n) is 3.38. The van der Waals surface area contributed by atoms with E-state index in [0.29, 0.717) is 19.5 Å². The number of amides is 2. The van der Waals surface area contributed by atoms with Crippen LogP contribution in [-0.2, 0) is 22.7 Å². The molecule has 1 aliphatic rings. The van der Waals surface area contributed by atoms with Crippen LogP contribution in [0, 0.1) is 0 Å². The van der Waals surface area contributed by atoms with Crippen molar-refractivity contribution in [2.45, 2.75) is 32.5 Å². The van der Waals surface area contributed by atoms with Gasteiger partial charge in [-0.15, -0.1) is 0 Å². The van der Waals surface area contributed by atoms with Crippen LogP contribution in [0.4, 0.5) is 0 Å². The highest BCUT2D eigenvalue weighted by molar-refractivity contribution is 6.01. The molecule has 5 nitrogen and oxygen atoms in total. The predicted octanol–water partition coefficient (Wildman–Crippen LogP) is 0.382. The van der Waals surface area contributed by atoms with Crippen LogP contribution in [0.2, 0.25) is 0 Å². The summed E-state index contributed by atoms with van der Waals surface area (Å²) in [6, 6.07) is 7.70. The highest BCUT2D eigenvalue weighted by Crippen LogP contribution is 2.14. The van der Waals surface area contributed by atoms with E-state index in [1.807, 2.05) is 36.1 Å². The topological polar surface area (TPSA) is 75.4 Å². The first-order valence-corrected chi connectivity index (χ1v) is 6.49. The van der Waals surface area contributed by atoms with Gasteiger partial charge in [0.1, 0.15) is 0 Å². The van der Waals surface area contributed by atoms with Crippen LogP contribution in [0.15, 0.2) is 24.3 Å². The Kier molecular flexibility index (Phi) is 4.29. The summed E-state index contributed by atoms with van der Waals surface area (Å²) in [5.74, 6) is -0.425. The fraction of sp³-hybridized carbons (Fsp3) is 0.429. The van der Waals surface area contributed by atoms with Crippen LogP contribution in [0.5, 0.6) is 0 Å². The predicted molar refractivity (Wildman–Crippen MR) is 72.0 cm³/mol. The average molecular weight is 261 g/mol. The molecule has 3 N–H and O–H groups in total. The number of piperazine rings is 1. The van der Waals surface area contributed by atoms with Crippen molar-refractivity contribution < 1.29 is 9.59 Å². The first kappa shape index (κ1) is 13.7. The lowest BCUT2D eigenvalue weighted by molar-refractivity contribution is -0.140. The third-order valence-corrected chi connectivity index (χ3v) is 3.38. The van der Waals surface area contributed by atoms with Gasteiger partial charge in [0.2, 0.25) is 11.8 Å². The minimum absolute atomic E-state index is 0.197. The maximum Gasteiger partial charge on any atom is 0.243 e. The number of rotatable bonds is 4. The van der Waals surface area contributed by atoms with E-state index in [2.05, 4.69) is 5.32 Å². The molecular weight excluding hydrogens is 242 g/mol. The quantitative estimate of drug-likeness (QED) is 0.768. The fourth-order valence-corrected chi connectivity index (χ4v) is 2.35. The molecule has 5 heteroatoms. The Hall–Kier alpha value is -1.72. The lowest BCUT2D eigenvalue weighted by Crippen LogP contribution is -2.57. The molecule has 0 saturated carbocycles. The summed E-state index contributed by atoms with van der Waals surface area (Å²) in [5, 5.41) is 2.38. The lowest BCUT2D eigenvalue weighted by atomic mass is 10.1. The zero-order valence-corrected chi connectivity index (χ0v) is 11.1. The van der Waals surface area contributed by atoms with Crippen molar-refractivity contribution in [3.63, 3.8) is 0 Å². The van der Waals surface area contributed by atoms with Crippen molar-refractivity contribution in [3.05, 3.63) is 35.4 Å². The van der Waals surface area contributed by atoms with Crippen LogP contribution in [0.25, 0.3) is 0 Å². The second-order valence-corrected chi connectivity index (χ2v) is 4.76. The van der Waals surface area contributed by atoms with E-state index >= 15 is 0 Å². The highest BCUT2D eigenvalue weighted by atomic mass is 16.2. The van der Waals surface area contributed by atoms with Gasteiger partial charge in [-0.05, 0) is 17.5 Å². The Balaban J connectivity index is 2.10. The molecule has 0 aliphatic carbocycles. The van der Waals surface area contributed by atoms with Gasteiger partial charge in [0.05, 0.1) is 12.6 Å². The maximum absolute atomic E-state index is 11.7. The summed E-state index contributed by atoms with van der Waals surface area (Å²) in [6.45, 7) is 3.33. The van der Waals surface area contributed by atoms with E-state index in [1.54, 1.807) is 0 Å². The van der Waals surface area contributed by atoms with Crippen LogP contribution >= 0.6 is 0 Å². The summed E-state index contributed by atoms with van der Waals surface area (Å²) < 4.78 is 0. The monoisotopic (exact) mass is 261 g/mol. The second-order valence-electron chi connectivity index (χ2n) is 4.76. The molecule has 0 spiro atoms.